The minimum atomic E-state index is -0.937. The molecule has 0 aliphatic carbocycles. The Morgan fingerprint density at radius 1 is 1.20 bits per heavy atom. The van der Waals surface area contributed by atoms with Crippen LogP contribution in [0.25, 0.3) is 11.0 Å². The van der Waals surface area contributed by atoms with Gasteiger partial charge in [-0.15, -0.1) is 10.2 Å². The van der Waals surface area contributed by atoms with Crippen LogP contribution in [0.3, 0.4) is 0 Å². The molecule has 0 fully saturated rings. The summed E-state index contributed by atoms with van der Waals surface area (Å²) >= 11 is 1.19. The molecule has 1 aliphatic heterocycles. The monoisotopic (exact) mass is 491 g/mol. The molecule has 178 valence electrons. The highest BCUT2D eigenvalue weighted by Crippen LogP contribution is 2.43. The molecule has 0 bridgehead atoms. The van der Waals surface area contributed by atoms with Crippen LogP contribution < -0.4 is 14.4 Å². The Kier molecular flexibility index (Phi) is 5.73. The van der Waals surface area contributed by atoms with Crippen molar-refractivity contribution in [2.24, 2.45) is 0 Å². The van der Waals surface area contributed by atoms with E-state index in [0.29, 0.717) is 39.6 Å². The fraction of sp³-hybridized carbons (Fsp3) is 0.200. The summed E-state index contributed by atoms with van der Waals surface area (Å²) in [6.07, 6.45) is 0. The molecule has 9 nitrogen and oxygen atoms in total. The number of aliphatic hydroxyl groups excluding tert-OH is 1. The number of methoxy groups -OCH3 is 1. The number of carbonyl (C=O) groups is 2. The molecule has 5 rings (SSSR count). The number of aryl methyl sites for hydroxylation is 1. The average molecular weight is 492 g/mol. The van der Waals surface area contributed by atoms with E-state index in [1.807, 2.05) is 6.92 Å². The second-order valence-electron chi connectivity index (χ2n) is 7.76. The lowest BCUT2D eigenvalue weighted by Crippen LogP contribution is -2.31. The maximum Gasteiger partial charge on any atom is 0.296 e. The first kappa shape index (κ1) is 22.6. The summed E-state index contributed by atoms with van der Waals surface area (Å²) in [6, 6.07) is 12.9. The molecule has 10 heteroatoms. The van der Waals surface area contributed by atoms with Crippen LogP contribution >= 0.6 is 11.3 Å². The van der Waals surface area contributed by atoms with E-state index in [2.05, 4.69) is 10.2 Å². The zero-order valence-corrected chi connectivity index (χ0v) is 20.0. The molecule has 1 unspecified atom stereocenters. The van der Waals surface area contributed by atoms with Crippen molar-refractivity contribution in [2.75, 3.05) is 18.6 Å². The number of benzene rings is 2. The quantitative estimate of drug-likeness (QED) is 0.367. The van der Waals surface area contributed by atoms with Gasteiger partial charge in [0, 0.05) is 5.39 Å². The van der Waals surface area contributed by atoms with Crippen molar-refractivity contribution in [3.05, 3.63) is 76.2 Å². The van der Waals surface area contributed by atoms with Gasteiger partial charge in [0.2, 0.25) is 10.9 Å². The maximum atomic E-state index is 13.7. The molecule has 4 aromatic rings. The minimum absolute atomic E-state index is 0.0231. The van der Waals surface area contributed by atoms with Gasteiger partial charge in [0.15, 0.2) is 22.9 Å². The summed E-state index contributed by atoms with van der Waals surface area (Å²) in [5.74, 6) is -0.923. The fourth-order valence-corrected chi connectivity index (χ4v) is 4.80. The Labute approximate surface area is 204 Å². The standard InChI is InChI=1S/C25H21N3O6S/c1-4-33-16-10-8-14(9-11-16)20-19(22(30)24(31)28(20)25-27-26-13(2)35-25)21(29)18-12-15-6-5-7-17(32-3)23(15)34-18/h5-12,20,30H,4H2,1-3H3. The van der Waals surface area contributed by atoms with Crippen molar-refractivity contribution in [3.8, 4) is 11.5 Å². The number of ether oxygens (including phenoxy) is 2. The smallest absolute Gasteiger partial charge is 0.296 e. The number of fused-ring (bicyclic) bond motifs is 1. The molecule has 0 spiro atoms. The minimum Gasteiger partial charge on any atom is -0.503 e. The van der Waals surface area contributed by atoms with E-state index in [9.17, 15) is 14.7 Å². The molecule has 1 aliphatic rings. The highest BCUT2D eigenvalue weighted by Gasteiger charge is 2.46. The summed E-state index contributed by atoms with van der Waals surface area (Å²) in [7, 11) is 1.51. The highest BCUT2D eigenvalue weighted by atomic mass is 32.1. The zero-order valence-electron chi connectivity index (χ0n) is 19.1. The Morgan fingerprint density at radius 2 is 1.97 bits per heavy atom. The lowest BCUT2D eigenvalue weighted by atomic mass is 9.95. The number of carbonyl (C=O) groups excluding carboxylic acids is 2. The van der Waals surface area contributed by atoms with Gasteiger partial charge in [-0.2, -0.15) is 0 Å². The number of rotatable bonds is 7. The van der Waals surface area contributed by atoms with Gasteiger partial charge in [0.25, 0.3) is 5.91 Å². The Morgan fingerprint density at radius 3 is 2.63 bits per heavy atom. The largest absolute Gasteiger partial charge is 0.503 e. The van der Waals surface area contributed by atoms with Gasteiger partial charge in [-0.05, 0) is 43.7 Å². The lowest BCUT2D eigenvalue weighted by molar-refractivity contribution is -0.117. The molecule has 2 aromatic carbocycles. The number of Topliss-reactive ketones (excluding diaryl/α,β-unsaturated/α-hetero) is 1. The number of anilines is 1. The summed E-state index contributed by atoms with van der Waals surface area (Å²) in [6.45, 7) is 4.13. The van der Waals surface area contributed by atoms with Crippen LogP contribution in [0.15, 0.2) is 64.3 Å². The first-order chi connectivity index (χ1) is 16.9. The van der Waals surface area contributed by atoms with Gasteiger partial charge in [-0.1, -0.05) is 35.6 Å². The highest BCUT2D eigenvalue weighted by molar-refractivity contribution is 7.15. The third kappa shape index (κ3) is 3.81. The number of hydrogen-bond acceptors (Lipinski definition) is 9. The molecular formula is C25H21N3O6S. The number of nitrogens with zero attached hydrogens (tertiary/aromatic N) is 3. The van der Waals surface area contributed by atoms with Gasteiger partial charge < -0.3 is 19.0 Å². The van der Waals surface area contributed by atoms with Gasteiger partial charge >= 0.3 is 0 Å². The topological polar surface area (TPSA) is 115 Å². The van der Waals surface area contributed by atoms with Gasteiger partial charge in [-0.3, -0.25) is 14.5 Å². The lowest BCUT2D eigenvalue weighted by Gasteiger charge is -2.24. The molecular weight excluding hydrogens is 470 g/mol. The molecule has 2 aromatic heterocycles. The number of ketones is 1. The van der Waals surface area contributed by atoms with E-state index >= 15 is 0 Å². The summed E-state index contributed by atoms with van der Waals surface area (Å²) in [5.41, 5.74) is 0.887. The van der Waals surface area contributed by atoms with Crippen LogP contribution in [0, 0.1) is 6.92 Å². The molecule has 1 atom stereocenters. The van der Waals surface area contributed by atoms with Crippen molar-refractivity contribution in [3.63, 3.8) is 0 Å². The molecule has 35 heavy (non-hydrogen) atoms. The van der Waals surface area contributed by atoms with Crippen LogP contribution in [0.2, 0.25) is 0 Å². The number of para-hydroxylation sites is 1. The van der Waals surface area contributed by atoms with Crippen LogP contribution in [-0.4, -0.2) is 40.7 Å². The van der Waals surface area contributed by atoms with Crippen LogP contribution in [0.4, 0.5) is 5.13 Å². The van der Waals surface area contributed by atoms with Crippen molar-refractivity contribution < 1.29 is 28.6 Å². The Hall–Kier alpha value is -4.18. The second kappa shape index (κ2) is 8.88. The molecule has 0 radical (unpaired) electrons. The fourth-order valence-electron chi connectivity index (χ4n) is 4.09. The van der Waals surface area contributed by atoms with Crippen molar-refractivity contribution in [1.29, 1.82) is 0 Å². The van der Waals surface area contributed by atoms with Gasteiger partial charge in [0.05, 0.1) is 25.3 Å². The first-order valence-electron chi connectivity index (χ1n) is 10.8. The third-order valence-corrected chi connectivity index (χ3v) is 6.47. The van der Waals surface area contributed by atoms with Crippen LogP contribution in [0.5, 0.6) is 11.5 Å². The Bertz CT molecular complexity index is 1470. The predicted octanol–water partition coefficient (Wildman–Crippen LogP) is 4.78. The van der Waals surface area contributed by atoms with Gasteiger partial charge in [-0.25, -0.2) is 0 Å². The number of hydrogen-bond donors (Lipinski definition) is 1. The zero-order chi connectivity index (χ0) is 24.7. The molecule has 1 amide bonds. The van der Waals surface area contributed by atoms with Crippen LogP contribution in [0.1, 0.15) is 34.1 Å². The van der Waals surface area contributed by atoms with Gasteiger partial charge in [0.1, 0.15) is 10.8 Å². The van der Waals surface area contributed by atoms with Crippen molar-refractivity contribution >= 4 is 39.1 Å². The van der Waals surface area contributed by atoms with E-state index in [0.717, 1.165) is 0 Å². The van der Waals surface area contributed by atoms with Crippen molar-refractivity contribution in [2.45, 2.75) is 19.9 Å². The SMILES string of the molecule is CCOc1ccc(C2C(C(=O)c3cc4cccc(OC)c4o3)=C(O)C(=O)N2c2nnc(C)s2)cc1. The number of aliphatic hydroxyl groups is 1. The van der Waals surface area contributed by atoms with E-state index in [4.69, 9.17) is 13.9 Å². The number of amides is 1. The number of furan rings is 1. The van der Waals surface area contributed by atoms with E-state index in [-0.39, 0.29) is 16.5 Å². The second-order valence-corrected chi connectivity index (χ2v) is 8.92. The summed E-state index contributed by atoms with van der Waals surface area (Å²) in [4.78, 5) is 28.2. The summed E-state index contributed by atoms with van der Waals surface area (Å²) < 4.78 is 16.7. The molecule has 0 saturated heterocycles. The molecule has 3 heterocycles. The van der Waals surface area contributed by atoms with E-state index < -0.39 is 23.5 Å². The average Bonchev–Trinajstić information content (AvgIpc) is 3.55. The third-order valence-electron chi connectivity index (χ3n) is 5.63. The maximum absolute atomic E-state index is 13.7. The normalized spacial score (nSPS) is 15.8. The van der Waals surface area contributed by atoms with E-state index in [1.54, 1.807) is 55.5 Å². The Balaban J connectivity index is 1.63. The van der Waals surface area contributed by atoms with Crippen molar-refractivity contribution in [1.82, 2.24) is 10.2 Å². The molecule has 0 saturated carbocycles. The predicted molar refractivity (Wildman–Crippen MR) is 129 cm³/mol. The number of aromatic nitrogens is 2. The summed E-state index contributed by atoms with van der Waals surface area (Å²) in [5, 5.41) is 20.6. The van der Waals surface area contributed by atoms with Crippen LogP contribution in [-0.2, 0) is 4.79 Å². The van der Waals surface area contributed by atoms with E-state index in [1.165, 1.54) is 23.3 Å². The molecule has 1 N–H and O–H groups in total. The first-order valence-corrected chi connectivity index (χ1v) is 11.6.